The predicted octanol–water partition coefficient (Wildman–Crippen LogP) is 2.11. The van der Waals surface area contributed by atoms with Crippen molar-refractivity contribution in [1.29, 1.82) is 0 Å². The Bertz CT molecular complexity index is 468. The summed E-state index contributed by atoms with van der Waals surface area (Å²) in [6.45, 7) is 1.99. The van der Waals surface area contributed by atoms with Crippen molar-refractivity contribution >= 4 is 17.1 Å². The van der Waals surface area contributed by atoms with E-state index in [2.05, 4.69) is 15.3 Å². The molecule has 0 bridgehead atoms. The van der Waals surface area contributed by atoms with E-state index in [9.17, 15) is 0 Å². The summed E-state index contributed by atoms with van der Waals surface area (Å²) in [5.41, 5.74) is 9.26. The van der Waals surface area contributed by atoms with Crippen molar-refractivity contribution in [3.8, 4) is 0 Å². The second kappa shape index (κ2) is 3.96. The molecule has 0 radical (unpaired) electrons. The Kier molecular flexibility index (Phi) is 2.49. The minimum atomic E-state index is 0.624. The van der Waals surface area contributed by atoms with Crippen LogP contribution in [0.3, 0.4) is 0 Å². The number of nitrogens with one attached hydrogen (secondary N) is 1. The number of aryl methyl sites for hydroxylation is 1. The number of nitrogen functional groups attached to an aromatic ring is 1. The van der Waals surface area contributed by atoms with E-state index in [4.69, 9.17) is 5.73 Å². The van der Waals surface area contributed by atoms with Crippen molar-refractivity contribution in [1.82, 2.24) is 9.97 Å². The normalized spacial score (nSPS) is 9.93. The molecule has 2 aromatic rings. The highest BCUT2D eigenvalue weighted by atomic mass is 14.9. The number of pyridine rings is 2. The molecule has 4 nitrogen and oxygen atoms in total. The van der Waals surface area contributed by atoms with Gasteiger partial charge in [-0.3, -0.25) is 9.97 Å². The van der Waals surface area contributed by atoms with E-state index in [-0.39, 0.29) is 0 Å². The van der Waals surface area contributed by atoms with Gasteiger partial charge in [-0.05, 0) is 24.6 Å². The smallest absolute Gasteiger partial charge is 0.0739 e. The lowest BCUT2D eigenvalue weighted by Crippen LogP contribution is -1.97. The molecule has 76 valence electrons. The largest absolute Gasteiger partial charge is 0.396 e. The van der Waals surface area contributed by atoms with Gasteiger partial charge < -0.3 is 11.1 Å². The van der Waals surface area contributed by atoms with Gasteiger partial charge in [0, 0.05) is 12.4 Å². The van der Waals surface area contributed by atoms with E-state index in [0.717, 1.165) is 16.9 Å². The maximum atomic E-state index is 5.76. The Hall–Kier alpha value is -2.10. The van der Waals surface area contributed by atoms with E-state index < -0.39 is 0 Å². The Labute approximate surface area is 88.2 Å². The Morgan fingerprint density at radius 2 is 2.07 bits per heavy atom. The number of aromatic nitrogens is 2. The van der Waals surface area contributed by atoms with E-state index in [1.807, 2.05) is 19.1 Å². The molecule has 0 aliphatic carbocycles. The lowest BCUT2D eigenvalue weighted by Gasteiger charge is -2.08. The molecule has 0 aromatic carbocycles. The maximum Gasteiger partial charge on any atom is 0.0739 e. The number of nitrogens with two attached hydrogens (primary N) is 1. The van der Waals surface area contributed by atoms with Crippen molar-refractivity contribution in [2.24, 2.45) is 0 Å². The fraction of sp³-hybridized carbons (Fsp3) is 0.0909. The molecule has 0 saturated heterocycles. The number of nitrogens with zero attached hydrogens (tertiary/aromatic N) is 2. The summed E-state index contributed by atoms with van der Waals surface area (Å²) in [6, 6.07) is 3.84. The van der Waals surface area contributed by atoms with Gasteiger partial charge in [0.25, 0.3) is 0 Å². The Morgan fingerprint density at radius 3 is 2.80 bits per heavy atom. The van der Waals surface area contributed by atoms with Crippen LogP contribution in [0, 0.1) is 6.92 Å². The lowest BCUT2D eigenvalue weighted by molar-refractivity contribution is 1.26. The highest BCUT2D eigenvalue weighted by Crippen LogP contribution is 2.21. The van der Waals surface area contributed by atoms with Gasteiger partial charge in [0.2, 0.25) is 0 Å². The van der Waals surface area contributed by atoms with Crippen molar-refractivity contribution in [3.05, 3.63) is 42.5 Å². The summed E-state index contributed by atoms with van der Waals surface area (Å²) in [6.07, 6.45) is 6.88. The maximum absolute atomic E-state index is 5.76. The van der Waals surface area contributed by atoms with Crippen LogP contribution in [-0.4, -0.2) is 9.97 Å². The fourth-order valence-electron chi connectivity index (χ4n) is 1.30. The van der Waals surface area contributed by atoms with Gasteiger partial charge in [0.15, 0.2) is 0 Å². The van der Waals surface area contributed by atoms with Crippen LogP contribution in [0.25, 0.3) is 0 Å². The summed E-state index contributed by atoms with van der Waals surface area (Å²) >= 11 is 0. The second-order valence-electron chi connectivity index (χ2n) is 3.34. The molecule has 0 spiro atoms. The first-order valence-electron chi connectivity index (χ1n) is 4.64. The topological polar surface area (TPSA) is 63.8 Å². The van der Waals surface area contributed by atoms with Gasteiger partial charge in [-0.2, -0.15) is 0 Å². The molecule has 0 aliphatic heterocycles. The van der Waals surface area contributed by atoms with Crippen molar-refractivity contribution in [2.45, 2.75) is 6.92 Å². The van der Waals surface area contributed by atoms with Crippen LogP contribution < -0.4 is 11.1 Å². The fourth-order valence-corrected chi connectivity index (χ4v) is 1.30. The summed E-state index contributed by atoms with van der Waals surface area (Å²) in [4.78, 5) is 8.01. The third-order valence-electron chi connectivity index (χ3n) is 2.01. The standard InChI is InChI=1S/C11H12N4/c1-8-4-9(6-14-5-8)15-11-2-3-13-7-10(11)12/h2-7H,12H2,1H3,(H,13,15). The lowest BCUT2D eigenvalue weighted by atomic mass is 10.3. The monoisotopic (exact) mass is 200 g/mol. The van der Waals surface area contributed by atoms with Crippen LogP contribution in [0.1, 0.15) is 5.56 Å². The third-order valence-corrected chi connectivity index (χ3v) is 2.01. The first-order chi connectivity index (χ1) is 7.25. The third kappa shape index (κ3) is 2.22. The minimum absolute atomic E-state index is 0.624. The average Bonchev–Trinajstić information content (AvgIpc) is 2.22. The van der Waals surface area contributed by atoms with Gasteiger partial charge in [-0.1, -0.05) is 0 Å². The van der Waals surface area contributed by atoms with Gasteiger partial charge >= 0.3 is 0 Å². The highest BCUT2D eigenvalue weighted by Gasteiger charge is 1.98. The molecule has 0 saturated carbocycles. The van der Waals surface area contributed by atoms with Gasteiger partial charge in [-0.15, -0.1) is 0 Å². The number of anilines is 3. The predicted molar refractivity (Wildman–Crippen MR) is 60.9 cm³/mol. The molecule has 15 heavy (non-hydrogen) atoms. The van der Waals surface area contributed by atoms with Crippen LogP contribution in [0.5, 0.6) is 0 Å². The molecule has 0 amide bonds. The Balaban J connectivity index is 2.26. The molecule has 3 N–H and O–H groups in total. The second-order valence-corrected chi connectivity index (χ2v) is 3.34. The first-order valence-corrected chi connectivity index (χ1v) is 4.64. The van der Waals surface area contributed by atoms with Crippen molar-refractivity contribution < 1.29 is 0 Å². The molecular weight excluding hydrogens is 188 g/mol. The van der Waals surface area contributed by atoms with Gasteiger partial charge in [0.05, 0.1) is 29.5 Å². The summed E-state index contributed by atoms with van der Waals surface area (Å²) < 4.78 is 0. The number of hydrogen-bond donors (Lipinski definition) is 2. The van der Waals surface area contributed by atoms with E-state index in [1.54, 1.807) is 24.8 Å². The van der Waals surface area contributed by atoms with E-state index >= 15 is 0 Å². The summed E-state index contributed by atoms with van der Waals surface area (Å²) in [5.74, 6) is 0. The van der Waals surface area contributed by atoms with E-state index in [1.165, 1.54) is 0 Å². The van der Waals surface area contributed by atoms with Gasteiger partial charge in [-0.25, -0.2) is 0 Å². The minimum Gasteiger partial charge on any atom is -0.396 e. The van der Waals surface area contributed by atoms with Crippen LogP contribution in [0.2, 0.25) is 0 Å². The zero-order valence-electron chi connectivity index (χ0n) is 8.44. The van der Waals surface area contributed by atoms with Crippen LogP contribution in [0.4, 0.5) is 17.1 Å². The SMILES string of the molecule is Cc1cncc(Nc2ccncc2N)c1. The molecule has 2 heterocycles. The molecule has 0 atom stereocenters. The molecule has 2 aromatic heterocycles. The van der Waals surface area contributed by atoms with Crippen LogP contribution in [0.15, 0.2) is 36.9 Å². The highest BCUT2D eigenvalue weighted by molar-refractivity contribution is 5.71. The molecular formula is C11H12N4. The summed E-state index contributed by atoms with van der Waals surface area (Å²) in [5, 5.41) is 3.19. The summed E-state index contributed by atoms with van der Waals surface area (Å²) in [7, 11) is 0. The molecule has 2 rings (SSSR count). The zero-order chi connectivity index (χ0) is 10.7. The zero-order valence-corrected chi connectivity index (χ0v) is 8.44. The molecule has 0 aliphatic rings. The van der Waals surface area contributed by atoms with E-state index in [0.29, 0.717) is 5.69 Å². The van der Waals surface area contributed by atoms with Crippen molar-refractivity contribution in [2.75, 3.05) is 11.1 Å². The molecule has 0 fully saturated rings. The first kappa shape index (κ1) is 9.45. The molecule has 4 heteroatoms. The van der Waals surface area contributed by atoms with Crippen molar-refractivity contribution in [3.63, 3.8) is 0 Å². The van der Waals surface area contributed by atoms with Crippen LogP contribution in [-0.2, 0) is 0 Å². The Morgan fingerprint density at radius 1 is 1.20 bits per heavy atom. The van der Waals surface area contributed by atoms with Crippen LogP contribution >= 0.6 is 0 Å². The number of rotatable bonds is 2. The molecule has 0 unspecified atom stereocenters. The quantitative estimate of drug-likeness (QED) is 0.779. The van der Waals surface area contributed by atoms with Gasteiger partial charge in [0.1, 0.15) is 0 Å². The average molecular weight is 200 g/mol. The number of hydrogen-bond acceptors (Lipinski definition) is 4.